The average molecular weight is 264 g/mol. The molecule has 0 spiro atoms. The molecule has 1 heterocycles. The number of nitrogens with zero attached hydrogens (tertiary/aromatic N) is 3. The van der Waals surface area contributed by atoms with Gasteiger partial charge in [-0.1, -0.05) is 0 Å². The summed E-state index contributed by atoms with van der Waals surface area (Å²) in [6.45, 7) is 3.18. The van der Waals surface area contributed by atoms with Crippen molar-refractivity contribution >= 4 is 34.3 Å². The SMILES string of the molecule is CCNc1nc(Cl)nc(NCCS(C)=O)n1. The third kappa shape index (κ3) is 4.71. The van der Waals surface area contributed by atoms with Gasteiger partial charge in [0.2, 0.25) is 17.2 Å². The van der Waals surface area contributed by atoms with E-state index in [1.165, 1.54) is 0 Å². The van der Waals surface area contributed by atoms with Crippen LogP contribution in [0.4, 0.5) is 11.9 Å². The van der Waals surface area contributed by atoms with E-state index in [0.717, 1.165) is 0 Å². The molecule has 0 aromatic carbocycles. The van der Waals surface area contributed by atoms with Crippen LogP contribution >= 0.6 is 11.6 Å². The van der Waals surface area contributed by atoms with E-state index < -0.39 is 10.8 Å². The van der Waals surface area contributed by atoms with Gasteiger partial charge >= 0.3 is 0 Å². The molecule has 0 amide bonds. The first-order valence-corrected chi connectivity index (χ1v) is 6.91. The molecule has 2 N–H and O–H groups in total. The molecule has 0 aliphatic rings. The van der Waals surface area contributed by atoms with Gasteiger partial charge in [0.05, 0.1) is 0 Å². The van der Waals surface area contributed by atoms with Gasteiger partial charge in [-0.15, -0.1) is 0 Å². The van der Waals surface area contributed by atoms with Crippen LogP contribution in [-0.4, -0.2) is 44.3 Å². The Labute approximate surface area is 102 Å². The van der Waals surface area contributed by atoms with Gasteiger partial charge in [0, 0.05) is 35.9 Å². The summed E-state index contributed by atoms with van der Waals surface area (Å²) in [5, 5.41) is 6.01. The normalized spacial score (nSPS) is 12.2. The average Bonchev–Trinajstić information content (AvgIpc) is 2.16. The lowest BCUT2D eigenvalue weighted by Crippen LogP contribution is -2.13. The molecule has 1 aromatic rings. The molecule has 0 fully saturated rings. The Kier molecular flexibility index (Phi) is 5.41. The molecule has 0 aliphatic heterocycles. The molecule has 90 valence electrons. The minimum absolute atomic E-state index is 0.131. The third-order valence-corrected chi connectivity index (χ3v) is 2.56. The fraction of sp³-hybridized carbons (Fsp3) is 0.625. The molecule has 8 heteroatoms. The van der Waals surface area contributed by atoms with E-state index in [2.05, 4.69) is 25.6 Å². The molecule has 1 unspecified atom stereocenters. The lowest BCUT2D eigenvalue weighted by molar-refractivity contribution is 0.687. The zero-order chi connectivity index (χ0) is 12.0. The summed E-state index contributed by atoms with van der Waals surface area (Å²) in [5.74, 6) is 1.36. The Balaban J connectivity index is 2.61. The number of hydrogen-bond donors (Lipinski definition) is 2. The first-order valence-electron chi connectivity index (χ1n) is 4.81. The van der Waals surface area contributed by atoms with E-state index in [-0.39, 0.29) is 5.28 Å². The quantitative estimate of drug-likeness (QED) is 0.788. The van der Waals surface area contributed by atoms with Crippen LogP contribution in [0.2, 0.25) is 5.28 Å². The molecule has 0 bridgehead atoms. The van der Waals surface area contributed by atoms with Gasteiger partial charge in [-0.25, -0.2) is 0 Å². The first kappa shape index (κ1) is 13.1. The highest BCUT2D eigenvalue weighted by atomic mass is 35.5. The molecule has 0 radical (unpaired) electrons. The largest absolute Gasteiger partial charge is 0.354 e. The highest BCUT2D eigenvalue weighted by Gasteiger charge is 2.03. The predicted molar refractivity (Wildman–Crippen MR) is 66.4 cm³/mol. The Morgan fingerprint density at radius 2 is 1.88 bits per heavy atom. The van der Waals surface area contributed by atoms with E-state index in [9.17, 15) is 4.21 Å². The summed E-state index contributed by atoms with van der Waals surface area (Å²) in [5.41, 5.74) is 0. The van der Waals surface area contributed by atoms with E-state index in [1.807, 2.05) is 6.92 Å². The lowest BCUT2D eigenvalue weighted by Gasteiger charge is -2.06. The molecule has 0 saturated heterocycles. The fourth-order valence-corrected chi connectivity index (χ4v) is 1.52. The number of halogens is 1. The second-order valence-corrected chi connectivity index (χ2v) is 4.88. The van der Waals surface area contributed by atoms with Crippen LogP contribution in [0.1, 0.15) is 6.92 Å². The smallest absolute Gasteiger partial charge is 0.228 e. The molecule has 0 aliphatic carbocycles. The summed E-state index contributed by atoms with van der Waals surface area (Å²) >= 11 is 5.72. The maximum Gasteiger partial charge on any atom is 0.228 e. The van der Waals surface area contributed by atoms with Crippen LogP contribution in [0.5, 0.6) is 0 Å². The van der Waals surface area contributed by atoms with Gasteiger partial charge in [0.25, 0.3) is 0 Å². The summed E-state index contributed by atoms with van der Waals surface area (Å²) in [6.07, 6.45) is 1.64. The third-order valence-electron chi connectivity index (χ3n) is 1.62. The van der Waals surface area contributed by atoms with E-state index in [1.54, 1.807) is 6.26 Å². The minimum atomic E-state index is -0.836. The zero-order valence-electron chi connectivity index (χ0n) is 9.16. The van der Waals surface area contributed by atoms with E-state index in [0.29, 0.717) is 30.7 Å². The standard InChI is InChI=1S/C8H14ClN5OS/c1-3-10-7-12-6(9)13-8(14-7)11-4-5-16(2)15/h3-5H2,1-2H3,(H2,10,11,12,13,14). The van der Waals surface area contributed by atoms with Gasteiger partial charge in [-0.3, -0.25) is 4.21 Å². The lowest BCUT2D eigenvalue weighted by atomic mass is 10.7. The number of rotatable bonds is 6. The summed E-state index contributed by atoms with van der Waals surface area (Å²) in [7, 11) is -0.836. The summed E-state index contributed by atoms with van der Waals surface area (Å²) < 4.78 is 10.8. The fourth-order valence-electron chi connectivity index (χ4n) is 0.973. The van der Waals surface area contributed by atoms with Gasteiger partial charge < -0.3 is 10.6 Å². The van der Waals surface area contributed by atoms with Crippen molar-refractivity contribution in [3.63, 3.8) is 0 Å². The highest BCUT2D eigenvalue weighted by Crippen LogP contribution is 2.08. The molecular formula is C8H14ClN5OS. The van der Waals surface area contributed by atoms with Crippen molar-refractivity contribution in [3.05, 3.63) is 5.28 Å². The van der Waals surface area contributed by atoms with Crippen LogP contribution in [-0.2, 0) is 10.8 Å². The van der Waals surface area contributed by atoms with Gasteiger partial charge in [0.15, 0.2) is 0 Å². The molecule has 1 atom stereocenters. The highest BCUT2D eigenvalue weighted by molar-refractivity contribution is 7.84. The number of hydrogen-bond acceptors (Lipinski definition) is 6. The van der Waals surface area contributed by atoms with Crippen molar-refractivity contribution in [2.24, 2.45) is 0 Å². The molecule has 1 rings (SSSR count). The molecule has 1 aromatic heterocycles. The molecule has 6 nitrogen and oxygen atoms in total. The van der Waals surface area contributed by atoms with Crippen LogP contribution in [0, 0.1) is 0 Å². The summed E-state index contributed by atoms with van der Waals surface area (Å²) in [6, 6.07) is 0. The summed E-state index contributed by atoms with van der Waals surface area (Å²) in [4.78, 5) is 11.9. The van der Waals surface area contributed by atoms with Crippen molar-refractivity contribution in [2.75, 3.05) is 35.7 Å². The second kappa shape index (κ2) is 6.59. The molecule has 16 heavy (non-hydrogen) atoms. The van der Waals surface area contributed by atoms with Crippen molar-refractivity contribution in [2.45, 2.75) is 6.92 Å². The van der Waals surface area contributed by atoms with Crippen LogP contribution < -0.4 is 10.6 Å². The van der Waals surface area contributed by atoms with Gasteiger partial charge in [-0.05, 0) is 18.5 Å². The molecular weight excluding hydrogens is 250 g/mol. The predicted octanol–water partition coefficient (Wildman–Crippen LogP) is 0.747. The van der Waals surface area contributed by atoms with Crippen LogP contribution in [0.15, 0.2) is 0 Å². The van der Waals surface area contributed by atoms with Gasteiger partial charge in [-0.2, -0.15) is 15.0 Å². The molecule has 0 saturated carbocycles. The Hall–Kier alpha value is -0.950. The Bertz CT molecular complexity index is 375. The first-order chi connectivity index (χ1) is 7.61. The van der Waals surface area contributed by atoms with E-state index >= 15 is 0 Å². The topological polar surface area (TPSA) is 79.8 Å². The minimum Gasteiger partial charge on any atom is -0.354 e. The maximum atomic E-state index is 10.8. The second-order valence-electron chi connectivity index (χ2n) is 2.99. The van der Waals surface area contributed by atoms with Crippen molar-refractivity contribution in [1.82, 2.24) is 15.0 Å². The van der Waals surface area contributed by atoms with Crippen LogP contribution in [0.3, 0.4) is 0 Å². The number of nitrogens with one attached hydrogen (secondary N) is 2. The van der Waals surface area contributed by atoms with E-state index in [4.69, 9.17) is 11.6 Å². The monoisotopic (exact) mass is 263 g/mol. The zero-order valence-corrected chi connectivity index (χ0v) is 10.7. The number of aromatic nitrogens is 3. The van der Waals surface area contributed by atoms with Crippen molar-refractivity contribution in [3.8, 4) is 0 Å². The Morgan fingerprint density at radius 1 is 1.25 bits per heavy atom. The Morgan fingerprint density at radius 3 is 2.44 bits per heavy atom. The maximum absolute atomic E-state index is 10.8. The number of anilines is 2. The van der Waals surface area contributed by atoms with Crippen LogP contribution in [0.25, 0.3) is 0 Å². The van der Waals surface area contributed by atoms with Crippen molar-refractivity contribution in [1.29, 1.82) is 0 Å². The van der Waals surface area contributed by atoms with Gasteiger partial charge in [0.1, 0.15) is 0 Å². The van der Waals surface area contributed by atoms with Crippen molar-refractivity contribution < 1.29 is 4.21 Å².